The summed E-state index contributed by atoms with van der Waals surface area (Å²) in [5.74, 6) is -0.303. The first-order chi connectivity index (χ1) is 9.22. The molecular weight excluding hydrogens is 238 g/mol. The minimum Gasteiger partial charge on any atom is -0.462 e. The van der Waals surface area contributed by atoms with Gasteiger partial charge in [0.2, 0.25) is 0 Å². The summed E-state index contributed by atoms with van der Waals surface area (Å²) in [6.45, 7) is 2.17. The van der Waals surface area contributed by atoms with Crippen LogP contribution in [-0.4, -0.2) is 12.6 Å². The number of nitrogens with two attached hydrogens (primary N) is 1. The smallest absolute Gasteiger partial charge is 0.338 e. The van der Waals surface area contributed by atoms with E-state index in [1.807, 2.05) is 42.5 Å². The van der Waals surface area contributed by atoms with Gasteiger partial charge in [0.25, 0.3) is 0 Å². The molecule has 0 aliphatic rings. The van der Waals surface area contributed by atoms with E-state index in [1.165, 1.54) is 0 Å². The van der Waals surface area contributed by atoms with Gasteiger partial charge in [0.05, 0.1) is 18.2 Å². The highest BCUT2D eigenvalue weighted by Gasteiger charge is 2.10. The van der Waals surface area contributed by atoms with Gasteiger partial charge in [-0.05, 0) is 30.2 Å². The van der Waals surface area contributed by atoms with Gasteiger partial charge in [-0.25, -0.2) is 4.79 Å². The first-order valence-electron chi connectivity index (χ1n) is 6.30. The van der Waals surface area contributed by atoms with E-state index >= 15 is 0 Å². The van der Waals surface area contributed by atoms with Crippen LogP contribution >= 0.6 is 0 Å². The Morgan fingerprint density at radius 2 is 1.63 bits per heavy atom. The van der Waals surface area contributed by atoms with E-state index in [-0.39, 0.29) is 12.0 Å². The van der Waals surface area contributed by atoms with Gasteiger partial charge in [-0.3, -0.25) is 0 Å². The standard InChI is InChI=1S/C16H17NO2/c1-2-19-16(18)14-10-8-13(9-11-14)15(17)12-6-4-3-5-7-12/h3-11,15H,2,17H2,1H3/t15-/m1/s1. The first kappa shape index (κ1) is 13.3. The molecule has 0 unspecified atom stereocenters. The molecule has 0 heterocycles. The number of ether oxygens (including phenoxy) is 1. The van der Waals surface area contributed by atoms with Crippen molar-refractivity contribution in [2.24, 2.45) is 5.73 Å². The minimum absolute atomic E-state index is 0.183. The molecule has 0 aliphatic carbocycles. The second-order valence-electron chi connectivity index (χ2n) is 4.23. The molecule has 0 spiro atoms. The van der Waals surface area contributed by atoms with Crippen LogP contribution in [0.25, 0.3) is 0 Å². The normalized spacial score (nSPS) is 11.9. The molecular formula is C16H17NO2. The molecule has 2 rings (SSSR count). The van der Waals surface area contributed by atoms with Crippen LogP contribution < -0.4 is 5.73 Å². The number of carbonyl (C=O) groups is 1. The average molecular weight is 255 g/mol. The summed E-state index contributed by atoms with van der Waals surface area (Å²) in [5.41, 5.74) is 8.75. The van der Waals surface area contributed by atoms with Gasteiger partial charge < -0.3 is 10.5 Å². The Balaban J connectivity index is 2.16. The van der Waals surface area contributed by atoms with E-state index < -0.39 is 0 Å². The molecule has 2 aromatic rings. The van der Waals surface area contributed by atoms with Gasteiger partial charge in [0.1, 0.15) is 0 Å². The van der Waals surface area contributed by atoms with Crippen molar-refractivity contribution in [3.63, 3.8) is 0 Å². The van der Waals surface area contributed by atoms with Gasteiger partial charge in [0.15, 0.2) is 0 Å². The van der Waals surface area contributed by atoms with Crippen molar-refractivity contribution < 1.29 is 9.53 Å². The number of carbonyl (C=O) groups excluding carboxylic acids is 1. The molecule has 0 radical (unpaired) electrons. The van der Waals surface area contributed by atoms with E-state index in [9.17, 15) is 4.79 Å². The molecule has 0 aliphatic heterocycles. The molecule has 0 amide bonds. The highest BCUT2D eigenvalue weighted by Crippen LogP contribution is 2.19. The zero-order valence-electron chi connectivity index (χ0n) is 10.9. The molecule has 1 atom stereocenters. The van der Waals surface area contributed by atoms with Crippen LogP contribution in [0.3, 0.4) is 0 Å². The predicted octanol–water partition coefficient (Wildman–Crippen LogP) is 2.91. The van der Waals surface area contributed by atoms with Gasteiger partial charge in [-0.1, -0.05) is 42.5 Å². The fourth-order valence-corrected chi connectivity index (χ4v) is 1.89. The first-order valence-corrected chi connectivity index (χ1v) is 6.30. The minimum atomic E-state index is -0.303. The molecule has 98 valence electrons. The van der Waals surface area contributed by atoms with E-state index in [4.69, 9.17) is 10.5 Å². The Labute approximate surface area is 113 Å². The van der Waals surface area contributed by atoms with Crippen molar-refractivity contribution in [1.82, 2.24) is 0 Å². The molecule has 0 fully saturated rings. The van der Waals surface area contributed by atoms with Crippen molar-refractivity contribution in [2.75, 3.05) is 6.61 Å². The second-order valence-corrected chi connectivity index (χ2v) is 4.23. The maximum Gasteiger partial charge on any atom is 0.338 e. The lowest BCUT2D eigenvalue weighted by molar-refractivity contribution is 0.0526. The van der Waals surface area contributed by atoms with Crippen molar-refractivity contribution in [3.8, 4) is 0 Å². The quantitative estimate of drug-likeness (QED) is 0.855. The second kappa shape index (κ2) is 6.16. The van der Waals surface area contributed by atoms with Crippen LogP contribution in [0.2, 0.25) is 0 Å². The number of esters is 1. The van der Waals surface area contributed by atoms with Crippen LogP contribution in [0.1, 0.15) is 34.5 Å². The van der Waals surface area contributed by atoms with E-state index in [0.717, 1.165) is 11.1 Å². The van der Waals surface area contributed by atoms with Crippen molar-refractivity contribution in [1.29, 1.82) is 0 Å². The van der Waals surface area contributed by atoms with E-state index in [1.54, 1.807) is 19.1 Å². The maximum absolute atomic E-state index is 11.5. The Morgan fingerprint density at radius 3 is 2.21 bits per heavy atom. The molecule has 2 aromatic carbocycles. The average Bonchev–Trinajstić information content (AvgIpc) is 2.48. The summed E-state index contributed by atoms with van der Waals surface area (Å²) in [5, 5.41) is 0. The van der Waals surface area contributed by atoms with Crippen molar-refractivity contribution >= 4 is 5.97 Å². The summed E-state index contributed by atoms with van der Waals surface area (Å²) in [6, 6.07) is 16.9. The molecule has 3 heteroatoms. The Kier molecular flexibility index (Phi) is 4.31. The summed E-state index contributed by atoms with van der Waals surface area (Å²) in [6.07, 6.45) is 0. The fraction of sp³-hybridized carbons (Fsp3) is 0.188. The lowest BCUT2D eigenvalue weighted by atomic mass is 9.99. The fourth-order valence-electron chi connectivity index (χ4n) is 1.89. The van der Waals surface area contributed by atoms with E-state index in [2.05, 4.69) is 0 Å². The van der Waals surface area contributed by atoms with Gasteiger partial charge >= 0.3 is 5.97 Å². The molecule has 2 N–H and O–H groups in total. The Bertz CT molecular complexity index is 534. The van der Waals surface area contributed by atoms with Crippen LogP contribution in [0, 0.1) is 0 Å². The highest BCUT2D eigenvalue weighted by molar-refractivity contribution is 5.89. The largest absolute Gasteiger partial charge is 0.462 e. The van der Waals surface area contributed by atoms with Gasteiger partial charge in [0, 0.05) is 0 Å². The zero-order chi connectivity index (χ0) is 13.7. The third-order valence-electron chi connectivity index (χ3n) is 2.94. The van der Waals surface area contributed by atoms with E-state index in [0.29, 0.717) is 12.2 Å². The summed E-state index contributed by atoms with van der Waals surface area (Å²) in [7, 11) is 0. The molecule has 0 aromatic heterocycles. The number of hydrogen-bond donors (Lipinski definition) is 1. The molecule has 0 bridgehead atoms. The Hall–Kier alpha value is -2.13. The van der Waals surface area contributed by atoms with Gasteiger partial charge in [-0.15, -0.1) is 0 Å². The van der Waals surface area contributed by atoms with Crippen LogP contribution in [-0.2, 0) is 4.74 Å². The van der Waals surface area contributed by atoms with Crippen LogP contribution in [0.5, 0.6) is 0 Å². The Morgan fingerprint density at radius 1 is 1.05 bits per heavy atom. The number of hydrogen-bond acceptors (Lipinski definition) is 3. The van der Waals surface area contributed by atoms with Crippen LogP contribution in [0.4, 0.5) is 0 Å². The molecule has 19 heavy (non-hydrogen) atoms. The highest BCUT2D eigenvalue weighted by atomic mass is 16.5. The number of rotatable bonds is 4. The lowest BCUT2D eigenvalue weighted by Gasteiger charge is -2.12. The van der Waals surface area contributed by atoms with Crippen molar-refractivity contribution in [2.45, 2.75) is 13.0 Å². The molecule has 0 saturated carbocycles. The lowest BCUT2D eigenvalue weighted by Crippen LogP contribution is -2.12. The van der Waals surface area contributed by atoms with Crippen LogP contribution in [0.15, 0.2) is 54.6 Å². The van der Waals surface area contributed by atoms with Gasteiger partial charge in [-0.2, -0.15) is 0 Å². The molecule has 0 saturated heterocycles. The maximum atomic E-state index is 11.5. The number of benzene rings is 2. The SMILES string of the molecule is CCOC(=O)c1ccc([C@H](N)c2ccccc2)cc1. The monoisotopic (exact) mass is 255 g/mol. The third kappa shape index (κ3) is 3.20. The zero-order valence-corrected chi connectivity index (χ0v) is 10.9. The summed E-state index contributed by atoms with van der Waals surface area (Å²) < 4.78 is 4.94. The topological polar surface area (TPSA) is 52.3 Å². The predicted molar refractivity (Wildman–Crippen MR) is 74.9 cm³/mol. The summed E-state index contributed by atoms with van der Waals surface area (Å²) >= 11 is 0. The van der Waals surface area contributed by atoms with Crippen molar-refractivity contribution in [3.05, 3.63) is 71.3 Å². The third-order valence-corrected chi connectivity index (χ3v) is 2.94. The molecule has 3 nitrogen and oxygen atoms in total. The summed E-state index contributed by atoms with van der Waals surface area (Å²) in [4.78, 5) is 11.5.